The maximum atomic E-state index is 5.00. The molecule has 78 valence electrons. The van der Waals surface area contributed by atoms with Gasteiger partial charge in [-0.1, -0.05) is 0 Å². The van der Waals surface area contributed by atoms with Gasteiger partial charge in [0.25, 0.3) is 0 Å². The lowest BCUT2D eigenvalue weighted by Gasteiger charge is -2.03. The molecule has 0 radical (unpaired) electrons. The zero-order chi connectivity index (χ0) is 10.7. The van der Waals surface area contributed by atoms with Crippen LogP contribution in [0, 0.1) is 0 Å². The summed E-state index contributed by atoms with van der Waals surface area (Å²) in [5.41, 5.74) is 0.970. The van der Waals surface area contributed by atoms with E-state index in [0.717, 1.165) is 5.56 Å². The highest BCUT2D eigenvalue weighted by Crippen LogP contribution is 2.20. The van der Waals surface area contributed by atoms with E-state index in [4.69, 9.17) is 4.74 Å². The lowest BCUT2D eigenvalue weighted by molar-refractivity contribution is 0.379. The van der Waals surface area contributed by atoms with E-state index in [-0.39, 0.29) is 0 Å². The van der Waals surface area contributed by atoms with Gasteiger partial charge in [0.05, 0.1) is 7.11 Å². The van der Waals surface area contributed by atoms with Crippen LogP contribution in [0.4, 0.5) is 5.95 Å². The quantitative estimate of drug-likeness (QED) is 0.855. The molecule has 0 fully saturated rings. The van der Waals surface area contributed by atoms with Crippen molar-refractivity contribution in [2.45, 2.75) is 0 Å². The van der Waals surface area contributed by atoms with Crippen molar-refractivity contribution in [2.24, 2.45) is 0 Å². The molecule has 0 aliphatic heterocycles. The van der Waals surface area contributed by atoms with Crippen LogP contribution in [-0.2, 0) is 0 Å². The molecule has 0 amide bonds. The molecule has 5 nitrogen and oxygen atoms in total. The van der Waals surface area contributed by atoms with Crippen molar-refractivity contribution in [1.29, 1.82) is 0 Å². The summed E-state index contributed by atoms with van der Waals surface area (Å²) in [7, 11) is 3.29. The number of thiophene rings is 1. The minimum Gasteiger partial charge on any atom is -0.467 e. The summed E-state index contributed by atoms with van der Waals surface area (Å²) in [6.07, 6.45) is 0. The third kappa shape index (κ3) is 2.04. The largest absolute Gasteiger partial charge is 0.467 e. The average Bonchev–Trinajstić information content (AvgIpc) is 2.81. The highest BCUT2D eigenvalue weighted by Gasteiger charge is 2.07. The minimum absolute atomic E-state index is 0.315. The first-order valence-corrected chi connectivity index (χ1v) is 5.28. The van der Waals surface area contributed by atoms with Crippen molar-refractivity contribution in [1.82, 2.24) is 15.0 Å². The van der Waals surface area contributed by atoms with Crippen molar-refractivity contribution < 1.29 is 4.74 Å². The Kier molecular flexibility index (Phi) is 2.77. The van der Waals surface area contributed by atoms with Gasteiger partial charge in [0.1, 0.15) is 0 Å². The van der Waals surface area contributed by atoms with Gasteiger partial charge in [-0.2, -0.15) is 26.3 Å². The van der Waals surface area contributed by atoms with Crippen LogP contribution < -0.4 is 10.1 Å². The number of nitrogens with zero attached hydrogens (tertiary/aromatic N) is 3. The van der Waals surface area contributed by atoms with E-state index in [9.17, 15) is 0 Å². The molecule has 2 heterocycles. The number of nitrogens with one attached hydrogen (secondary N) is 1. The Labute approximate surface area is 91.2 Å². The first-order chi connectivity index (χ1) is 7.33. The first kappa shape index (κ1) is 9.85. The number of aromatic nitrogens is 3. The molecule has 0 saturated heterocycles. The van der Waals surface area contributed by atoms with Crippen LogP contribution in [0.3, 0.4) is 0 Å². The Morgan fingerprint density at radius 1 is 1.33 bits per heavy atom. The van der Waals surface area contributed by atoms with Crippen molar-refractivity contribution in [2.75, 3.05) is 19.5 Å². The molecule has 2 rings (SSSR count). The molecular formula is C9H10N4OS. The Balaban J connectivity index is 2.47. The van der Waals surface area contributed by atoms with Gasteiger partial charge in [-0.05, 0) is 11.4 Å². The van der Waals surface area contributed by atoms with Crippen molar-refractivity contribution in [3.63, 3.8) is 0 Å². The fourth-order valence-electron chi connectivity index (χ4n) is 1.08. The third-order valence-corrected chi connectivity index (χ3v) is 2.48. The molecule has 0 atom stereocenters. The van der Waals surface area contributed by atoms with E-state index in [2.05, 4.69) is 20.3 Å². The second-order valence-corrected chi connectivity index (χ2v) is 3.51. The summed E-state index contributed by atoms with van der Waals surface area (Å²) in [5.74, 6) is 1.12. The average molecular weight is 222 g/mol. The predicted molar refractivity (Wildman–Crippen MR) is 59.2 cm³/mol. The standard InChI is InChI=1S/C9H10N4OS/c1-10-8-11-7(6-3-4-15-5-6)12-9(13-8)14-2/h3-5H,1-2H3,(H,10,11,12,13). The van der Waals surface area contributed by atoms with E-state index in [1.807, 2.05) is 16.8 Å². The van der Waals surface area contributed by atoms with E-state index in [1.165, 1.54) is 7.11 Å². The summed E-state index contributed by atoms with van der Waals surface area (Å²) in [4.78, 5) is 12.4. The van der Waals surface area contributed by atoms with Gasteiger partial charge in [0, 0.05) is 18.0 Å². The van der Waals surface area contributed by atoms with Crippen LogP contribution in [0.5, 0.6) is 6.01 Å². The van der Waals surface area contributed by atoms with Crippen LogP contribution in [-0.4, -0.2) is 29.1 Å². The highest BCUT2D eigenvalue weighted by molar-refractivity contribution is 7.08. The molecule has 2 aromatic rings. The molecule has 0 aliphatic carbocycles. The summed E-state index contributed by atoms with van der Waals surface area (Å²) in [6.45, 7) is 0. The van der Waals surface area contributed by atoms with Crippen LogP contribution in [0.15, 0.2) is 16.8 Å². The molecule has 0 aliphatic rings. The molecule has 0 aromatic carbocycles. The lowest BCUT2D eigenvalue weighted by Crippen LogP contribution is -2.02. The van der Waals surface area contributed by atoms with E-state index in [0.29, 0.717) is 17.8 Å². The second-order valence-electron chi connectivity index (χ2n) is 2.73. The fraction of sp³-hybridized carbons (Fsp3) is 0.222. The monoisotopic (exact) mass is 222 g/mol. The van der Waals surface area contributed by atoms with Gasteiger partial charge < -0.3 is 10.1 Å². The molecule has 6 heteroatoms. The summed E-state index contributed by atoms with van der Waals surface area (Å²) >= 11 is 1.60. The molecule has 0 unspecified atom stereocenters. The van der Waals surface area contributed by atoms with Crippen LogP contribution in [0.25, 0.3) is 11.4 Å². The Hall–Kier alpha value is -1.69. The highest BCUT2D eigenvalue weighted by atomic mass is 32.1. The number of hydrogen-bond donors (Lipinski definition) is 1. The molecule has 1 N–H and O–H groups in total. The number of hydrogen-bond acceptors (Lipinski definition) is 6. The Bertz CT molecular complexity index is 421. The van der Waals surface area contributed by atoms with Crippen molar-refractivity contribution in [3.05, 3.63) is 16.8 Å². The topological polar surface area (TPSA) is 59.9 Å². The molecule has 2 aromatic heterocycles. The number of anilines is 1. The van der Waals surface area contributed by atoms with Gasteiger partial charge in [0.15, 0.2) is 5.82 Å². The number of ether oxygens (including phenoxy) is 1. The number of methoxy groups -OCH3 is 1. The predicted octanol–water partition coefficient (Wildman–Crippen LogP) is 1.65. The Morgan fingerprint density at radius 2 is 2.20 bits per heavy atom. The smallest absolute Gasteiger partial charge is 0.321 e. The fourth-order valence-corrected chi connectivity index (χ4v) is 1.71. The van der Waals surface area contributed by atoms with E-state index in [1.54, 1.807) is 18.4 Å². The molecule has 0 saturated carbocycles. The minimum atomic E-state index is 0.315. The van der Waals surface area contributed by atoms with Crippen LogP contribution in [0.2, 0.25) is 0 Å². The SMILES string of the molecule is CNc1nc(OC)nc(-c2ccsc2)n1. The summed E-state index contributed by atoms with van der Waals surface area (Å²) in [5, 5.41) is 6.82. The van der Waals surface area contributed by atoms with Gasteiger partial charge in [-0.15, -0.1) is 0 Å². The molecule has 0 spiro atoms. The lowest BCUT2D eigenvalue weighted by atomic mass is 10.3. The summed E-state index contributed by atoms with van der Waals surface area (Å²) in [6, 6.07) is 2.27. The van der Waals surface area contributed by atoms with Crippen molar-refractivity contribution in [3.8, 4) is 17.4 Å². The van der Waals surface area contributed by atoms with Crippen LogP contribution in [0.1, 0.15) is 0 Å². The number of rotatable bonds is 3. The Morgan fingerprint density at radius 3 is 2.80 bits per heavy atom. The van der Waals surface area contributed by atoms with Gasteiger partial charge >= 0.3 is 6.01 Å². The van der Waals surface area contributed by atoms with Gasteiger partial charge in [-0.25, -0.2) is 0 Å². The zero-order valence-corrected chi connectivity index (χ0v) is 9.21. The van der Waals surface area contributed by atoms with Gasteiger partial charge in [-0.3, -0.25) is 0 Å². The molecule has 0 bridgehead atoms. The molecule has 15 heavy (non-hydrogen) atoms. The maximum absolute atomic E-state index is 5.00. The first-order valence-electron chi connectivity index (χ1n) is 4.34. The van der Waals surface area contributed by atoms with Crippen molar-refractivity contribution >= 4 is 17.3 Å². The van der Waals surface area contributed by atoms with Gasteiger partial charge in [0.2, 0.25) is 5.95 Å². The van der Waals surface area contributed by atoms with Crippen LogP contribution >= 0.6 is 11.3 Å². The second kappa shape index (κ2) is 4.22. The zero-order valence-electron chi connectivity index (χ0n) is 8.39. The normalized spacial score (nSPS) is 10.0. The third-order valence-electron chi connectivity index (χ3n) is 1.80. The summed E-state index contributed by atoms with van der Waals surface area (Å²) < 4.78 is 5.00. The van der Waals surface area contributed by atoms with E-state index < -0.39 is 0 Å². The molecular weight excluding hydrogens is 212 g/mol. The van der Waals surface area contributed by atoms with E-state index >= 15 is 0 Å². The maximum Gasteiger partial charge on any atom is 0.321 e.